The zero-order chi connectivity index (χ0) is 10.9. The average molecular weight is 211 g/mol. The monoisotopic (exact) mass is 211 g/mol. The summed E-state index contributed by atoms with van der Waals surface area (Å²) in [6.07, 6.45) is 4.37. The first-order valence-electron chi connectivity index (χ1n) is 5.83. The molecule has 2 rings (SSSR count). The molecule has 2 fully saturated rings. The number of rotatable bonds is 5. The Kier molecular flexibility index (Phi) is 2.98. The van der Waals surface area contributed by atoms with Crippen molar-refractivity contribution in [1.82, 2.24) is 15.1 Å². The molecule has 0 aromatic heterocycles. The van der Waals surface area contributed by atoms with Crippen molar-refractivity contribution in [1.29, 1.82) is 0 Å². The maximum absolute atomic E-state index is 11.9. The summed E-state index contributed by atoms with van der Waals surface area (Å²) < 4.78 is 0. The van der Waals surface area contributed by atoms with Crippen LogP contribution in [0.5, 0.6) is 0 Å². The molecule has 0 aromatic carbocycles. The Hall–Kier alpha value is -0.610. The molecule has 4 heteroatoms. The molecule has 1 amide bonds. The number of hydrogen-bond acceptors (Lipinski definition) is 3. The van der Waals surface area contributed by atoms with E-state index in [0.29, 0.717) is 5.91 Å². The first-order chi connectivity index (χ1) is 7.14. The van der Waals surface area contributed by atoms with E-state index in [-0.39, 0.29) is 5.54 Å². The van der Waals surface area contributed by atoms with Gasteiger partial charge in [0.05, 0.1) is 12.2 Å². The predicted molar refractivity (Wildman–Crippen MR) is 59.5 cm³/mol. The number of hydrogen-bond donors (Lipinski definition) is 1. The number of unbranched alkanes of at least 4 members (excludes halogenated alkanes) is 1. The van der Waals surface area contributed by atoms with Gasteiger partial charge in [0.15, 0.2) is 0 Å². The van der Waals surface area contributed by atoms with Gasteiger partial charge in [0.2, 0.25) is 5.91 Å². The van der Waals surface area contributed by atoms with Crippen LogP contribution >= 0.6 is 0 Å². The third-order valence-corrected chi connectivity index (χ3v) is 3.34. The number of nitrogens with zero attached hydrogens (tertiary/aromatic N) is 2. The van der Waals surface area contributed by atoms with E-state index in [9.17, 15) is 4.79 Å². The lowest BCUT2D eigenvalue weighted by atomic mass is 10.2. The second-order valence-electron chi connectivity index (χ2n) is 5.00. The van der Waals surface area contributed by atoms with Crippen molar-refractivity contribution in [2.24, 2.45) is 0 Å². The second-order valence-corrected chi connectivity index (χ2v) is 5.00. The molecule has 0 unspecified atom stereocenters. The van der Waals surface area contributed by atoms with Gasteiger partial charge in [-0.15, -0.1) is 0 Å². The lowest BCUT2D eigenvalue weighted by molar-refractivity contribution is -0.129. The minimum atomic E-state index is -0.110. The summed E-state index contributed by atoms with van der Waals surface area (Å²) in [5.41, 5.74) is -0.110. The fourth-order valence-electron chi connectivity index (χ4n) is 2.12. The van der Waals surface area contributed by atoms with E-state index in [2.05, 4.69) is 24.3 Å². The number of amides is 1. The van der Waals surface area contributed by atoms with Gasteiger partial charge in [-0.2, -0.15) is 0 Å². The fraction of sp³-hybridized carbons (Fsp3) is 0.909. The van der Waals surface area contributed by atoms with E-state index in [1.807, 2.05) is 4.90 Å². The minimum Gasteiger partial charge on any atom is -0.328 e. The summed E-state index contributed by atoms with van der Waals surface area (Å²) in [6, 6.07) is 0. The summed E-state index contributed by atoms with van der Waals surface area (Å²) in [4.78, 5) is 16.0. The van der Waals surface area contributed by atoms with Gasteiger partial charge in [-0.3, -0.25) is 10.1 Å². The highest BCUT2D eigenvalue weighted by Crippen LogP contribution is 2.40. The molecule has 4 nitrogen and oxygen atoms in total. The average Bonchev–Trinajstić information content (AvgIpc) is 2.90. The van der Waals surface area contributed by atoms with E-state index < -0.39 is 0 Å². The Labute approximate surface area is 91.6 Å². The zero-order valence-corrected chi connectivity index (χ0v) is 9.75. The highest BCUT2D eigenvalue weighted by atomic mass is 16.2. The van der Waals surface area contributed by atoms with Gasteiger partial charge in [-0.1, -0.05) is 0 Å². The van der Waals surface area contributed by atoms with Crippen LogP contribution in [-0.4, -0.2) is 55.1 Å². The third kappa shape index (κ3) is 2.32. The number of nitrogens with one attached hydrogen (secondary N) is 1. The molecule has 1 heterocycles. The molecule has 0 bridgehead atoms. The van der Waals surface area contributed by atoms with Crippen molar-refractivity contribution in [3.05, 3.63) is 0 Å². The lowest BCUT2D eigenvalue weighted by Crippen LogP contribution is -2.32. The molecule has 0 atom stereocenters. The van der Waals surface area contributed by atoms with E-state index in [0.717, 1.165) is 39.0 Å². The minimum absolute atomic E-state index is 0.110. The summed E-state index contributed by atoms with van der Waals surface area (Å²) in [6.45, 7) is 2.79. The van der Waals surface area contributed by atoms with Gasteiger partial charge < -0.3 is 9.80 Å². The zero-order valence-electron chi connectivity index (χ0n) is 9.75. The quantitative estimate of drug-likeness (QED) is 0.662. The van der Waals surface area contributed by atoms with Gasteiger partial charge in [0.1, 0.15) is 0 Å². The van der Waals surface area contributed by atoms with Crippen LogP contribution in [0, 0.1) is 0 Å². The molecule has 1 saturated carbocycles. The topological polar surface area (TPSA) is 35.6 Å². The number of carbonyl (C=O) groups is 1. The fourth-order valence-corrected chi connectivity index (χ4v) is 2.12. The van der Waals surface area contributed by atoms with Crippen LogP contribution in [-0.2, 0) is 4.79 Å². The highest BCUT2D eigenvalue weighted by molar-refractivity contribution is 5.91. The summed E-state index contributed by atoms with van der Waals surface area (Å²) >= 11 is 0. The molecule has 1 aliphatic heterocycles. The molecular weight excluding hydrogens is 190 g/mol. The molecule has 1 spiro atoms. The van der Waals surface area contributed by atoms with E-state index in [1.54, 1.807) is 0 Å². The largest absolute Gasteiger partial charge is 0.328 e. The predicted octanol–water partition coefficient (Wildman–Crippen LogP) is 0.250. The van der Waals surface area contributed by atoms with Gasteiger partial charge in [-0.05, 0) is 46.3 Å². The second kappa shape index (κ2) is 4.10. The summed E-state index contributed by atoms with van der Waals surface area (Å²) in [5.74, 6) is 0.340. The van der Waals surface area contributed by atoms with Crippen LogP contribution in [0.15, 0.2) is 0 Å². The summed E-state index contributed by atoms with van der Waals surface area (Å²) in [7, 11) is 4.17. The van der Waals surface area contributed by atoms with E-state index >= 15 is 0 Å². The Morgan fingerprint density at radius 3 is 2.67 bits per heavy atom. The van der Waals surface area contributed by atoms with E-state index in [4.69, 9.17) is 0 Å². The Morgan fingerprint density at radius 1 is 1.40 bits per heavy atom. The molecule has 0 aromatic rings. The first-order valence-corrected chi connectivity index (χ1v) is 5.83. The van der Waals surface area contributed by atoms with Crippen LogP contribution in [0.4, 0.5) is 0 Å². The highest BCUT2D eigenvalue weighted by Gasteiger charge is 2.55. The van der Waals surface area contributed by atoms with Gasteiger partial charge in [-0.25, -0.2) is 0 Å². The van der Waals surface area contributed by atoms with Gasteiger partial charge in [0, 0.05) is 6.54 Å². The smallest absolute Gasteiger partial charge is 0.243 e. The standard InChI is InChI=1S/C11H21N3O/c1-13(2)7-3-4-8-14-9-12-11(5-6-11)10(14)15/h12H,3-9H2,1-2H3. The molecule has 1 aliphatic carbocycles. The maximum Gasteiger partial charge on any atom is 0.243 e. The number of carbonyl (C=O) groups excluding carboxylic acids is 1. The Morgan fingerprint density at radius 2 is 2.13 bits per heavy atom. The van der Waals surface area contributed by atoms with E-state index in [1.165, 1.54) is 6.42 Å². The van der Waals surface area contributed by atoms with Crippen molar-refractivity contribution >= 4 is 5.91 Å². The first kappa shape index (κ1) is 10.9. The molecule has 15 heavy (non-hydrogen) atoms. The molecule has 86 valence electrons. The summed E-state index contributed by atoms with van der Waals surface area (Å²) in [5, 5.41) is 3.32. The van der Waals surface area contributed by atoms with Crippen molar-refractivity contribution in [3.8, 4) is 0 Å². The SMILES string of the molecule is CN(C)CCCCN1CNC2(CC2)C1=O. The molecule has 1 N–H and O–H groups in total. The van der Waals surface area contributed by atoms with Crippen LogP contribution in [0.1, 0.15) is 25.7 Å². The van der Waals surface area contributed by atoms with Gasteiger partial charge in [0.25, 0.3) is 0 Å². The Balaban J connectivity index is 1.66. The molecule has 0 radical (unpaired) electrons. The van der Waals surface area contributed by atoms with Crippen LogP contribution in [0.25, 0.3) is 0 Å². The lowest BCUT2D eigenvalue weighted by Gasteiger charge is -2.16. The van der Waals surface area contributed by atoms with Crippen LogP contribution in [0.2, 0.25) is 0 Å². The molecule has 1 saturated heterocycles. The molecular formula is C11H21N3O. The van der Waals surface area contributed by atoms with Crippen molar-refractivity contribution in [2.45, 2.75) is 31.2 Å². The maximum atomic E-state index is 11.9. The Bertz CT molecular complexity index is 248. The van der Waals surface area contributed by atoms with Crippen LogP contribution in [0.3, 0.4) is 0 Å². The molecule has 2 aliphatic rings. The van der Waals surface area contributed by atoms with Crippen molar-refractivity contribution in [2.75, 3.05) is 33.9 Å². The van der Waals surface area contributed by atoms with Crippen molar-refractivity contribution < 1.29 is 4.79 Å². The van der Waals surface area contributed by atoms with Gasteiger partial charge >= 0.3 is 0 Å². The normalized spacial score (nSPS) is 23.1. The van der Waals surface area contributed by atoms with Crippen LogP contribution < -0.4 is 5.32 Å². The van der Waals surface area contributed by atoms with Crippen molar-refractivity contribution in [3.63, 3.8) is 0 Å². The third-order valence-electron chi connectivity index (χ3n) is 3.34.